The monoisotopic (exact) mass is 230 g/mol. The highest BCUT2D eigenvalue weighted by molar-refractivity contribution is 5.31. The Morgan fingerprint density at radius 3 is 3.12 bits per heavy atom. The van der Waals surface area contributed by atoms with Crippen LogP contribution in [0.5, 0.6) is 0 Å². The van der Waals surface area contributed by atoms with Crippen molar-refractivity contribution >= 4 is 0 Å². The van der Waals surface area contributed by atoms with E-state index >= 15 is 0 Å². The van der Waals surface area contributed by atoms with Crippen molar-refractivity contribution in [3.63, 3.8) is 0 Å². The molecular weight excluding hydrogens is 212 g/mol. The zero-order chi connectivity index (χ0) is 12.1. The van der Waals surface area contributed by atoms with Gasteiger partial charge in [0, 0.05) is 6.42 Å². The van der Waals surface area contributed by atoms with Crippen molar-refractivity contribution in [3.05, 3.63) is 35.4 Å². The fraction of sp³-hybridized carbons (Fsp3) is 0.467. The Kier molecular flexibility index (Phi) is 4.19. The molecule has 17 heavy (non-hydrogen) atoms. The maximum Gasteiger partial charge on any atom is 0.109 e. The Morgan fingerprint density at radius 2 is 2.29 bits per heavy atom. The van der Waals surface area contributed by atoms with Gasteiger partial charge in [-0.1, -0.05) is 24.3 Å². The van der Waals surface area contributed by atoms with E-state index in [1.807, 2.05) is 18.2 Å². The highest BCUT2D eigenvalue weighted by Crippen LogP contribution is 2.31. The van der Waals surface area contributed by atoms with Gasteiger partial charge in [-0.05, 0) is 30.4 Å². The Bertz CT molecular complexity index is 406. The van der Waals surface area contributed by atoms with Crippen LogP contribution in [0.25, 0.3) is 0 Å². The van der Waals surface area contributed by atoms with E-state index in [2.05, 4.69) is 12.0 Å². The minimum Gasteiger partial charge on any atom is -0.390 e. The fourth-order valence-electron chi connectivity index (χ4n) is 2.31. The number of fused-ring (bicyclic) bond motifs is 1. The second-order valence-corrected chi connectivity index (χ2v) is 4.40. The molecule has 0 spiro atoms. The maximum atomic E-state index is 10.2. The third kappa shape index (κ3) is 2.88. The summed E-state index contributed by atoms with van der Waals surface area (Å²) in [5.74, 6) is 2.59. The molecule has 1 aromatic rings. The van der Waals surface area contributed by atoms with Crippen LogP contribution in [0.2, 0.25) is 0 Å². The number of ether oxygens (including phenoxy) is 1. The normalized spacial score (nSPS) is 20.4. The summed E-state index contributed by atoms with van der Waals surface area (Å²) in [4.78, 5) is 0. The van der Waals surface area contributed by atoms with Crippen molar-refractivity contribution in [2.75, 3.05) is 6.61 Å². The predicted molar refractivity (Wildman–Crippen MR) is 67.5 cm³/mol. The van der Waals surface area contributed by atoms with Crippen molar-refractivity contribution in [2.45, 2.75) is 37.9 Å². The van der Waals surface area contributed by atoms with Crippen LogP contribution in [0.15, 0.2) is 24.3 Å². The molecule has 0 bridgehead atoms. The second kappa shape index (κ2) is 5.86. The van der Waals surface area contributed by atoms with Crippen molar-refractivity contribution in [1.82, 2.24) is 0 Å². The van der Waals surface area contributed by atoms with E-state index in [1.165, 1.54) is 5.56 Å². The molecule has 0 saturated heterocycles. The lowest BCUT2D eigenvalue weighted by molar-refractivity contribution is -0.0500. The lowest BCUT2D eigenvalue weighted by Gasteiger charge is -2.29. The maximum absolute atomic E-state index is 10.2. The van der Waals surface area contributed by atoms with Crippen LogP contribution in [-0.2, 0) is 11.2 Å². The van der Waals surface area contributed by atoms with Gasteiger partial charge in [0.2, 0.25) is 0 Å². The van der Waals surface area contributed by atoms with Crippen molar-refractivity contribution < 1.29 is 9.84 Å². The van der Waals surface area contributed by atoms with Gasteiger partial charge in [-0.25, -0.2) is 0 Å². The quantitative estimate of drug-likeness (QED) is 0.636. The smallest absolute Gasteiger partial charge is 0.109 e. The number of rotatable bonds is 4. The largest absolute Gasteiger partial charge is 0.390 e. The Hall–Kier alpha value is -1.30. The summed E-state index contributed by atoms with van der Waals surface area (Å²) in [6.45, 7) is 0.688. The van der Waals surface area contributed by atoms with E-state index in [0.29, 0.717) is 19.4 Å². The fourth-order valence-corrected chi connectivity index (χ4v) is 2.31. The molecular formula is C15H18O2. The van der Waals surface area contributed by atoms with Gasteiger partial charge in [0.1, 0.15) is 6.10 Å². The first-order chi connectivity index (χ1) is 8.33. The molecule has 2 atom stereocenters. The molecule has 1 N–H and O–H groups in total. The number of hydrogen-bond donors (Lipinski definition) is 1. The molecule has 0 radical (unpaired) electrons. The number of aliphatic hydroxyl groups excluding tert-OH is 1. The molecule has 0 fully saturated rings. The van der Waals surface area contributed by atoms with Crippen LogP contribution in [0, 0.1) is 12.3 Å². The third-order valence-corrected chi connectivity index (χ3v) is 3.20. The molecule has 2 unspecified atom stereocenters. The summed E-state index contributed by atoms with van der Waals surface area (Å²) < 4.78 is 5.70. The average Bonchev–Trinajstić information content (AvgIpc) is 2.38. The second-order valence-electron chi connectivity index (χ2n) is 4.40. The Balaban J connectivity index is 2.05. The average molecular weight is 230 g/mol. The van der Waals surface area contributed by atoms with Gasteiger partial charge in [0.25, 0.3) is 0 Å². The molecule has 90 valence electrons. The number of terminal acetylenes is 1. The molecule has 0 aromatic heterocycles. The Morgan fingerprint density at radius 1 is 1.47 bits per heavy atom. The first kappa shape index (κ1) is 12.2. The highest BCUT2D eigenvalue weighted by Gasteiger charge is 2.26. The minimum absolute atomic E-state index is 0.183. The lowest BCUT2D eigenvalue weighted by atomic mass is 9.92. The van der Waals surface area contributed by atoms with E-state index < -0.39 is 6.10 Å². The van der Waals surface area contributed by atoms with Crippen LogP contribution < -0.4 is 0 Å². The van der Waals surface area contributed by atoms with Crippen LogP contribution in [0.4, 0.5) is 0 Å². The molecule has 2 rings (SSSR count). The molecule has 0 aliphatic carbocycles. The van der Waals surface area contributed by atoms with Gasteiger partial charge in [0.15, 0.2) is 0 Å². The summed E-state index contributed by atoms with van der Waals surface area (Å²) in [6, 6.07) is 8.18. The van der Waals surface area contributed by atoms with E-state index in [1.54, 1.807) is 0 Å². The van der Waals surface area contributed by atoms with Crippen molar-refractivity contribution in [1.29, 1.82) is 0 Å². The van der Waals surface area contributed by atoms with E-state index in [0.717, 1.165) is 18.4 Å². The molecule has 1 aromatic carbocycles. The first-order valence-corrected chi connectivity index (χ1v) is 6.14. The van der Waals surface area contributed by atoms with Gasteiger partial charge in [0.05, 0.1) is 12.7 Å². The van der Waals surface area contributed by atoms with Crippen molar-refractivity contribution in [3.8, 4) is 12.3 Å². The van der Waals surface area contributed by atoms with E-state index in [4.69, 9.17) is 11.2 Å². The van der Waals surface area contributed by atoms with Gasteiger partial charge in [-0.15, -0.1) is 12.3 Å². The predicted octanol–water partition coefficient (Wildman–Crippen LogP) is 2.46. The summed E-state index contributed by atoms with van der Waals surface area (Å²) >= 11 is 0. The number of hydrogen-bond acceptors (Lipinski definition) is 2. The van der Waals surface area contributed by atoms with Crippen LogP contribution in [0.1, 0.15) is 36.5 Å². The first-order valence-electron chi connectivity index (χ1n) is 6.14. The highest BCUT2D eigenvalue weighted by atomic mass is 16.5. The molecule has 2 nitrogen and oxygen atoms in total. The van der Waals surface area contributed by atoms with E-state index in [-0.39, 0.29) is 6.10 Å². The van der Waals surface area contributed by atoms with Crippen LogP contribution in [0.3, 0.4) is 0 Å². The summed E-state index contributed by atoms with van der Waals surface area (Å²) in [5.41, 5.74) is 2.42. The molecule has 0 amide bonds. The van der Waals surface area contributed by atoms with Gasteiger partial charge in [-0.3, -0.25) is 0 Å². The standard InChI is InChI=1S/C15H18O2/c1-2-3-4-9-14(16)15-13-8-6-5-7-12(13)10-11-17-15/h1,5-8,14-16H,3-4,9-11H2. The van der Waals surface area contributed by atoms with Crippen LogP contribution >= 0.6 is 0 Å². The molecule has 1 aliphatic rings. The molecule has 2 heteroatoms. The van der Waals surface area contributed by atoms with Crippen LogP contribution in [-0.4, -0.2) is 17.8 Å². The van der Waals surface area contributed by atoms with E-state index in [9.17, 15) is 5.11 Å². The zero-order valence-electron chi connectivity index (χ0n) is 9.93. The SMILES string of the molecule is C#CCCCC(O)C1OCCc2ccccc21. The van der Waals surface area contributed by atoms with Gasteiger partial charge >= 0.3 is 0 Å². The molecule has 1 heterocycles. The Labute approximate surface area is 103 Å². The van der Waals surface area contributed by atoms with Gasteiger partial charge in [-0.2, -0.15) is 0 Å². The van der Waals surface area contributed by atoms with Crippen molar-refractivity contribution in [2.24, 2.45) is 0 Å². The molecule has 1 aliphatic heterocycles. The number of aliphatic hydroxyl groups is 1. The third-order valence-electron chi connectivity index (χ3n) is 3.20. The number of benzene rings is 1. The minimum atomic E-state index is -0.454. The zero-order valence-corrected chi connectivity index (χ0v) is 9.93. The summed E-state index contributed by atoms with van der Waals surface area (Å²) in [7, 11) is 0. The van der Waals surface area contributed by atoms with Gasteiger partial charge < -0.3 is 9.84 Å². The topological polar surface area (TPSA) is 29.5 Å². The summed E-state index contributed by atoms with van der Waals surface area (Å²) in [6.07, 6.45) is 7.76. The number of unbranched alkanes of at least 4 members (excludes halogenated alkanes) is 1. The molecule has 0 saturated carbocycles. The summed E-state index contributed by atoms with van der Waals surface area (Å²) in [5, 5.41) is 10.2. The lowest BCUT2D eigenvalue weighted by Crippen LogP contribution is -2.26.